The van der Waals surface area contributed by atoms with Gasteiger partial charge in [-0.05, 0) is 143 Å². The first-order chi connectivity index (χ1) is 36.1. The zero-order valence-electron chi connectivity index (χ0n) is 41.0. The zero-order chi connectivity index (χ0) is 55.5. The van der Waals surface area contributed by atoms with Crippen LogP contribution in [0.15, 0.2) is 93.8 Å². The van der Waals surface area contributed by atoms with Crippen LogP contribution < -0.4 is 40.6 Å². The Morgan fingerprint density at radius 1 is 0.632 bits per heavy atom. The molecule has 6 aromatic rings. The molecule has 416 valence electrons. The lowest BCUT2D eigenvalue weighted by molar-refractivity contribution is -0.192. The zero-order valence-corrected chi connectivity index (χ0v) is 42.5. The third-order valence-corrected chi connectivity index (χ3v) is 12.6. The number of carbonyl (C=O) groups excluding carboxylic acids is 3. The monoisotopic (exact) mass is 1110 g/mol. The molecular formula is C52H61Cl2F5N4O13. The average molecular weight is 1120 g/mol. The molecule has 4 aromatic carbocycles. The van der Waals surface area contributed by atoms with Gasteiger partial charge in [-0.25, -0.2) is 18.4 Å². The van der Waals surface area contributed by atoms with Gasteiger partial charge in [0.05, 0.1) is 24.3 Å². The van der Waals surface area contributed by atoms with Crippen molar-refractivity contribution in [2.45, 2.75) is 69.6 Å². The number of fused-ring (bicyclic) bond motifs is 2. The third-order valence-electron chi connectivity index (χ3n) is 12.0. The van der Waals surface area contributed by atoms with Gasteiger partial charge >= 0.3 is 18.1 Å². The molecule has 3 amide bonds. The minimum atomic E-state index is -5.08. The van der Waals surface area contributed by atoms with Crippen molar-refractivity contribution in [1.29, 1.82) is 0 Å². The fourth-order valence-corrected chi connectivity index (χ4v) is 8.10. The van der Waals surface area contributed by atoms with E-state index in [0.29, 0.717) is 53.3 Å². The molecule has 17 nitrogen and oxygen atoms in total. The van der Waals surface area contributed by atoms with Crippen molar-refractivity contribution < 1.29 is 88.2 Å². The molecule has 0 bridgehead atoms. The Labute approximate surface area is 446 Å². The van der Waals surface area contributed by atoms with E-state index in [-0.39, 0.29) is 74.6 Å². The SMILES string of the molecule is COc1ccc2oc(C(=O)NCC3CCC(NC(=O)COc4ccc(Cl)c(F)c4)CC3)cc2c1.COc1ccc2oc(C(=O)O)cc2c1.NCC1CCC(NC(=O)COc2ccc(Cl)c(F)c2)CC1.O=C(O)C(F)(F)F.[HH].[HH].[HH]. The maximum Gasteiger partial charge on any atom is 0.490 e. The van der Waals surface area contributed by atoms with Gasteiger partial charge in [-0.3, -0.25) is 14.4 Å². The molecular weight excluding hydrogens is 1050 g/mol. The fraction of sp³-hybridized carbons (Fsp3) is 0.365. The smallest absolute Gasteiger partial charge is 0.490 e. The molecule has 2 aromatic heterocycles. The number of hydrogen-bond donors (Lipinski definition) is 6. The van der Waals surface area contributed by atoms with Crippen molar-refractivity contribution in [3.05, 3.63) is 118 Å². The predicted octanol–water partition coefficient (Wildman–Crippen LogP) is 10.7. The van der Waals surface area contributed by atoms with Crippen LogP contribution in [0.4, 0.5) is 22.0 Å². The summed E-state index contributed by atoms with van der Waals surface area (Å²) in [6.07, 6.45) is 2.29. The van der Waals surface area contributed by atoms with Crippen LogP contribution in [-0.4, -0.2) is 98.7 Å². The number of aromatic carboxylic acids is 1. The normalized spacial score (nSPS) is 17.0. The molecule has 8 rings (SSSR count). The Morgan fingerprint density at radius 3 is 1.43 bits per heavy atom. The van der Waals surface area contributed by atoms with E-state index in [1.54, 1.807) is 50.6 Å². The first-order valence-electron chi connectivity index (χ1n) is 23.6. The second kappa shape index (κ2) is 28.6. The number of furan rings is 2. The second-order valence-electron chi connectivity index (χ2n) is 17.4. The van der Waals surface area contributed by atoms with Gasteiger partial charge in [0.15, 0.2) is 19.0 Å². The number of nitrogens with two attached hydrogens (primary N) is 1. The number of ether oxygens (including phenoxy) is 4. The van der Waals surface area contributed by atoms with Crippen molar-refractivity contribution >= 4 is 74.8 Å². The molecule has 7 N–H and O–H groups in total. The second-order valence-corrected chi connectivity index (χ2v) is 18.2. The van der Waals surface area contributed by atoms with Crippen LogP contribution in [-0.2, 0) is 14.4 Å². The minimum Gasteiger partial charge on any atom is -0.497 e. The summed E-state index contributed by atoms with van der Waals surface area (Å²) in [7, 11) is 3.14. The van der Waals surface area contributed by atoms with Crippen molar-refractivity contribution in [2.75, 3.05) is 40.5 Å². The maximum atomic E-state index is 13.5. The Bertz CT molecular complexity index is 2940. The van der Waals surface area contributed by atoms with Crippen LogP contribution in [0, 0.1) is 23.5 Å². The summed E-state index contributed by atoms with van der Waals surface area (Å²) in [6.45, 7) is 0.940. The summed E-state index contributed by atoms with van der Waals surface area (Å²) in [4.78, 5) is 56.0. The van der Waals surface area contributed by atoms with Gasteiger partial charge < -0.3 is 59.7 Å². The van der Waals surface area contributed by atoms with E-state index >= 15 is 0 Å². The Balaban J connectivity index is 0.000000404. The molecule has 2 fully saturated rings. The Kier molecular flexibility index (Phi) is 22.4. The quantitative estimate of drug-likeness (QED) is 0.0524. The van der Waals surface area contributed by atoms with Gasteiger partial charge in [-0.2, -0.15) is 13.2 Å². The van der Waals surface area contributed by atoms with E-state index in [4.69, 9.17) is 71.7 Å². The van der Waals surface area contributed by atoms with Gasteiger partial charge in [0.25, 0.3) is 17.7 Å². The molecule has 2 heterocycles. The number of methoxy groups -OCH3 is 2. The number of alkyl halides is 3. The summed E-state index contributed by atoms with van der Waals surface area (Å²) in [6, 6.07) is 22.1. The van der Waals surface area contributed by atoms with Crippen molar-refractivity contribution in [1.82, 2.24) is 16.0 Å². The highest BCUT2D eigenvalue weighted by Crippen LogP contribution is 2.28. The fourth-order valence-electron chi connectivity index (χ4n) is 7.86. The summed E-state index contributed by atoms with van der Waals surface area (Å²) >= 11 is 11.2. The van der Waals surface area contributed by atoms with Crippen molar-refractivity contribution in [2.24, 2.45) is 17.6 Å². The highest BCUT2D eigenvalue weighted by molar-refractivity contribution is 6.31. The van der Waals surface area contributed by atoms with Gasteiger partial charge in [-0.15, -0.1) is 0 Å². The Hall–Kier alpha value is -7.30. The van der Waals surface area contributed by atoms with Gasteiger partial charge in [0.1, 0.15) is 45.8 Å². The molecule has 0 atom stereocenters. The maximum absolute atomic E-state index is 13.5. The van der Waals surface area contributed by atoms with Gasteiger partial charge in [0, 0.05) is 45.8 Å². The summed E-state index contributed by atoms with van der Waals surface area (Å²) in [5.74, 6) is -2.65. The van der Waals surface area contributed by atoms with Crippen LogP contribution in [0.1, 0.15) is 76.8 Å². The number of aliphatic carboxylic acids is 1. The number of hydrogen-bond acceptors (Lipinski definition) is 12. The van der Waals surface area contributed by atoms with Crippen LogP contribution >= 0.6 is 23.2 Å². The van der Waals surface area contributed by atoms with Gasteiger partial charge in [0.2, 0.25) is 5.76 Å². The van der Waals surface area contributed by atoms with E-state index in [2.05, 4.69) is 16.0 Å². The lowest BCUT2D eigenvalue weighted by atomic mass is 9.86. The number of amides is 3. The number of rotatable bonds is 15. The first kappa shape index (κ1) is 59.6. The van der Waals surface area contributed by atoms with Gasteiger partial charge in [-0.1, -0.05) is 23.2 Å². The molecule has 76 heavy (non-hydrogen) atoms. The molecule has 24 heteroatoms. The molecule has 0 saturated heterocycles. The number of benzene rings is 4. The number of halogens is 7. The van der Waals surface area contributed by atoms with E-state index in [1.807, 2.05) is 6.07 Å². The number of nitrogens with one attached hydrogen (secondary N) is 3. The third kappa shape index (κ3) is 18.8. The van der Waals surface area contributed by atoms with E-state index < -0.39 is 29.7 Å². The molecule has 0 radical (unpaired) electrons. The van der Waals surface area contributed by atoms with Crippen molar-refractivity contribution in [3.63, 3.8) is 0 Å². The van der Waals surface area contributed by atoms with E-state index in [0.717, 1.165) is 68.2 Å². The molecule has 0 spiro atoms. The Morgan fingerprint density at radius 2 is 1.04 bits per heavy atom. The summed E-state index contributed by atoms with van der Waals surface area (Å²) < 4.78 is 89.9. The first-order valence-corrected chi connectivity index (χ1v) is 24.3. The van der Waals surface area contributed by atoms with E-state index in [9.17, 15) is 41.1 Å². The average Bonchev–Trinajstić information content (AvgIpc) is 4.04. The molecule has 0 aliphatic heterocycles. The van der Waals surface area contributed by atoms with Crippen LogP contribution in [0.2, 0.25) is 10.0 Å². The van der Waals surface area contributed by atoms with E-state index in [1.165, 1.54) is 36.4 Å². The summed E-state index contributed by atoms with van der Waals surface area (Å²) in [5, 5.41) is 26.2. The standard InChI is InChI=1S/C25H26ClFN2O5.C15H20ClFN2O2.C10H8O4.C2HF3O2.3H2/c1-32-18-7-9-22-16(10-18)11-23(34-22)25(31)28-13-15-2-4-17(5-3-15)29-24(30)14-33-19-6-8-20(26)21(27)12-19;16-13-6-5-12(7-14(13)17)21-9-15(20)19-11-3-1-10(8-18)2-4-11;1-13-7-2-3-8-6(4-7)5-9(14-8)10(11)12;3-2(4,5)1(6)7;;;/h6-12,15,17H,2-5,13-14H2,1H3,(H,28,31)(H,29,30);5-7,10-11H,1-4,8-9,18H2,(H,19,20);2-5H,1H3,(H,11,12);(H,6,7);3*1H. The largest absolute Gasteiger partial charge is 0.497 e. The highest BCUT2D eigenvalue weighted by atomic mass is 35.5. The molecule has 2 aliphatic rings. The lowest BCUT2D eigenvalue weighted by Crippen LogP contribution is -2.41. The molecule has 2 aliphatic carbocycles. The van der Waals surface area contributed by atoms with Crippen LogP contribution in [0.5, 0.6) is 23.0 Å². The highest BCUT2D eigenvalue weighted by Gasteiger charge is 2.38. The van der Waals surface area contributed by atoms with Crippen molar-refractivity contribution in [3.8, 4) is 23.0 Å². The summed E-state index contributed by atoms with van der Waals surface area (Å²) in [5.41, 5.74) is 6.81. The molecule has 2 saturated carbocycles. The molecule has 0 unspecified atom stereocenters. The topological polar surface area (TPSA) is 251 Å². The number of carbonyl (C=O) groups is 5. The van der Waals surface area contributed by atoms with Crippen LogP contribution in [0.3, 0.4) is 0 Å². The predicted molar refractivity (Wildman–Crippen MR) is 275 cm³/mol. The lowest BCUT2D eigenvalue weighted by Gasteiger charge is -2.29. The minimum absolute atomic E-state index is 0. The number of carboxylic acids is 2. The number of carboxylic acid groups (broad SMARTS) is 2. The van der Waals surface area contributed by atoms with Crippen LogP contribution in [0.25, 0.3) is 21.9 Å².